The molecule has 3 heteroatoms. The minimum Gasteiger partial charge on any atom is -0.299 e. The summed E-state index contributed by atoms with van der Waals surface area (Å²) in [7, 11) is 0. The van der Waals surface area contributed by atoms with Crippen molar-refractivity contribution in [1.82, 2.24) is 0 Å². The molecule has 0 spiro atoms. The molecule has 0 heterocycles. The van der Waals surface area contributed by atoms with Gasteiger partial charge in [0.25, 0.3) is 0 Å². The van der Waals surface area contributed by atoms with Crippen LogP contribution in [0.5, 0.6) is 0 Å². The van der Waals surface area contributed by atoms with E-state index in [-0.39, 0.29) is 11.7 Å². The van der Waals surface area contributed by atoms with Gasteiger partial charge < -0.3 is 0 Å². The van der Waals surface area contributed by atoms with Crippen LogP contribution < -0.4 is 0 Å². The van der Waals surface area contributed by atoms with Crippen LogP contribution in [0.25, 0.3) is 0 Å². The van der Waals surface area contributed by atoms with Crippen molar-refractivity contribution in [2.45, 2.75) is 25.7 Å². The standard InChI is InChI=1S/C12H12BrFO/c1-2-8-9(6-12(8)15)7-3-4-11(14)10(13)5-7/h3-5,8-9H,2,6H2,1H3. The minimum absolute atomic E-state index is 0.141. The van der Waals surface area contributed by atoms with Gasteiger partial charge in [-0.3, -0.25) is 4.79 Å². The Morgan fingerprint density at radius 2 is 2.27 bits per heavy atom. The van der Waals surface area contributed by atoms with E-state index in [0.717, 1.165) is 12.0 Å². The highest BCUT2D eigenvalue weighted by Gasteiger charge is 2.38. The maximum Gasteiger partial charge on any atom is 0.137 e. The third kappa shape index (κ3) is 1.85. The van der Waals surface area contributed by atoms with Crippen molar-refractivity contribution in [2.24, 2.45) is 5.92 Å². The normalized spacial score (nSPS) is 25.1. The van der Waals surface area contributed by atoms with Crippen molar-refractivity contribution in [3.05, 3.63) is 34.1 Å². The molecule has 1 aromatic rings. The summed E-state index contributed by atoms with van der Waals surface area (Å²) < 4.78 is 13.5. The van der Waals surface area contributed by atoms with Gasteiger partial charge in [-0.2, -0.15) is 0 Å². The van der Waals surface area contributed by atoms with Gasteiger partial charge in [0.15, 0.2) is 0 Å². The molecule has 2 unspecified atom stereocenters. The Hall–Kier alpha value is -0.700. The molecule has 1 saturated carbocycles. The number of hydrogen-bond acceptors (Lipinski definition) is 1. The van der Waals surface area contributed by atoms with E-state index in [0.29, 0.717) is 22.6 Å². The first-order valence-corrected chi connectivity index (χ1v) is 5.90. The quantitative estimate of drug-likeness (QED) is 0.802. The number of carbonyl (C=O) groups excluding carboxylic acids is 1. The van der Waals surface area contributed by atoms with E-state index in [1.807, 2.05) is 6.92 Å². The predicted molar refractivity (Wildman–Crippen MR) is 60.2 cm³/mol. The molecule has 0 amide bonds. The van der Waals surface area contributed by atoms with Gasteiger partial charge >= 0.3 is 0 Å². The number of Topliss-reactive ketones (excluding diaryl/α,β-unsaturated/α-hetero) is 1. The fourth-order valence-electron chi connectivity index (χ4n) is 2.18. The molecule has 1 nitrogen and oxygen atoms in total. The van der Waals surface area contributed by atoms with Crippen molar-refractivity contribution < 1.29 is 9.18 Å². The van der Waals surface area contributed by atoms with Crippen molar-refractivity contribution in [2.75, 3.05) is 0 Å². The first kappa shape index (κ1) is 10.8. The fraction of sp³-hybridized carbons (Fsp3) is 0.417. The number of halogens is 2. The van der Waals surface area contributed by atoms with Crippen LogP contribution in [-0.2, 0) is 4.79 Å². The zero-order valence-corrected chi connectivity index (χ0v) is 10.1. The lowest BCUT2D eigenvalue weighted by atomic mass is 9.68. The van der Waals surface area contributed by atoms with Crippen molar-refractivity contribution in [3.63, 3.8) is 0 Å². The topological polar surface area (TPSA) is 17.1 Å². The van der Waals surface area contributed by atoms with Crippen LogP contribution in [0.15, 0.2) is 22.7 Å². The second-order valence-corrected chi connectivity index (χ2v) is 4.82. The highest BCUT2D eigenvalue weighted by Crippen LogP contribution is 2.42. The summed E-state index contributed by atoms with van der Waals surface area (Å²) >= 11 is 3.16. The molecule has 2 rings (SSSR count). The van der Waals surface area contributed by atoms with Crippen molar-refractivity contribution >= 4 is 21.7 Å². The average molecular weight is 271 g/mol. The Morgan fingerprint density at radius 3 is 2.80 bits per heavy atom. The van der Waals surface area contributed by atoms with Crippen LogP contribution in [0.3, 0.4) is 0 Å². The smallest absolute Gasteiger partial charge is 0.137 e. The molecular weight excluding hydrogens is 259 g/mol. The maximum atomic E-state index is 13.0. The number of ketones is 1. The van der Waals surface area contributed by atoms with Gasteiger partial charge in [-0.05, 0) is 40.0 Å². The molecule has 0 bridgehead atoms. The number of rotatable bonds is 2. The summed E-state index contributed by atoms with van der Waals surface area (Å²) in [6.07, 6.45) is 1.48. The summed E-state index contributed by atoms with van der Waals surface area (Å²) in [6, 6.07) is 5.02. The van der Waals surface area contributed by atoms with Crippen molar-refractivity contribution in [1.29, 1.82) is 0 Å². The Kier molecular flexibility index (Phi) is 2.91. The van der Waals surface area contributed by atoms with Crippen LogP contribution in [0, 0.1) is 11.7 Å². The van der Waals surface area contributed by atoms with Crippen molar-refractivity contribution in [3.8, 4) is 0 Å². The predicted octanol–water partition coefficient (Wildman–Crippen LogP) is 3.67. The number of benzene rings is 1. The monoisotopic (exact) mass is 270 g/mol. The van der Waals surface area contributed by atoms with Gasteiger partial charge in [0, 0.05) is 18.3 Å². The summed E-state index contributed by atoms with van der Waals surface area (Å²) in [5, 5.41) is 0. The van der Waals surface area contributed by atoms with E-state index >= 15 is 0 Å². The Labute approximate surface area is 96.8 Å². The number of hydrogen-bond donors (Lipinski definition) is 0. The fourth-order valence-corrected chi connectivity index (χ4v) is 2.58. The highest BCUT2D eigenvalue weighted by molar-refractivity contribution is 9.10. The summed E-state index contributed by atoms with van der Waals surface area (Å²) in [5.41, 5.74) is 1.06. The van der Waals surface area contributed by atoms with Gasteiger partial charge in [-0.25, -0.2) is 4.39 Å². The molecule has 0 N–H and O–H groups in total. The van der Waals surface area contributed by atoms with E-state index in [2.05, 4.69) is 15.9 Å². The third-order valence-electron chi connectivity index (χ3n) is 3.13. The second kappa shape index (κ2) is 4.05. The Balaban J connectivity index is 2.24. The van der Waals surface area contributed by atoms with Crippen LogP contribution in [0.4, 0.5) is 4.39 Å². The number of carbonyl (C=O) groups is 1. The molecule has 1 aliphatic carbocycles. The molecular formula is C12H12BrFO. The summed E-state index contributed by atoms with van der Waals surface area (Å²) in [6.45, 7) is 2.02. The maximum absolute atomic E-state index is 13.0. The minimum atomic E-state index is -0.252. The van der Waals surface area contributed by atoms with Crippen LogP contribution in [0.2, 0.25) is 0 Å². The second-order valence-electron chi connectivity index (χ2n) is 3.97. The molecule has 0 radical (unpaired) electrons. The molecule has 0 aliphatic heterocycles. The van der Waals surface area contributed by atoms with Crippen LogP contribution in [-0.4, -0.2) is 5.78 Å². The lowest BCUT2D eigenvalue weighted by Gasteiger charge is -2.34. The van der Waals surface area contributed by atoms with Crippen LogP contribution >= 0.6 is 15.9 Å². The molecule has 2 atom stereocenters. The lowest BCUT2D eigenvalue weighted by Crippen LogP contribution is -2.34. The van der Waals surface area contributed by atoms with Gasteiger partial charge in [0.2, 0.25) is 0 Å². The first-order valence-electron chi connectivity index (χ1n) is 5.11. The zero-order valence-electron chi connectivity index (χ0n) is 8.47. The van der Waals surface area contributed by atoms with E-state index in [1.54, 1.807) is 12.1 Å². The van der Waals surface area contributed by atoms with E-state index in [9.17, 15) is 9.18 Å². The molecule has 80 valence electrons. The first-order chi connectivity index (χ1) is 7.13. The molecule has 0 saturated heterocycles. The summed E-state index contributed by atoms with van der Waals surface area (Å²) in [5.74, 6) is 0.516. The van der Waals surface area contributed by atoms with E-state index in [1.165, 1.54) is 6.07 Å². The third-order valence-corrected chi connectivity index (χ3v) is 3.74. The van der Waals surface area contributed by atoms with E-state index in [4.69, 9.17) is 0 Å². The van der Waals surface area contributed by atoms with Gasteiger partial charge in [0.1, 0.15) is 11.6 Å². The zero-order chi connectivity index (χ0) is 11.0. The molecule has 1 fully saturated rings. The van der Waals surface area contributed by atoms with E-state index < -0.39 is 0 Å². The largest absolute Gasteiger partial charge is 0.299 e. The van der Waals surface area contributed by atoms with Gasteiger partial charge in [-0.1, -0.05) is 13.0 Å². The highest BCUT2D eigenvalue weighted by atomic mass is 79.9. The van der Waals surface area contributed by atoms with Gasteiger partial charge in [0.05, 0.1) is 4.47 Å². The lowest BCUT2D eigenvalue weighted by molar-refractivity contribution is -0.131. The Morgan fingerprint density at radius 1 is 1.53 bits per heavy atom. The van der Waals surface area contributed by atoms with Crippen LogP contribution in [0.1, 0.15) is 31.2 Å². The molecule has 15 heavy (non-hydrogen) atoms. The Bertz CT molecular complexity index is 403. The molecule has 0 aromatic heterocycles. The molecule has 1 aromatic carbocycles. The van der Waals surface area contributed by atoms with Gasteiger partial charge in [-0.15, -0.1) is 0 Å². The molecule has 1 aliphatic rings. The summed E-state index contributed by atoms with van der Waals surface area (Å²) in [4.78, 5) is 11.3. The SMILES string of the molecule is CCC1C(=O)CC1c1ccc(F)c(Br)c1. The average Bonchev–Trinajstić information content (AvgIpc) is 2.19.